The summed E-state index contributed by atoms with van der Waals surface area (Å²) in [4.78, 5) is 37.4. The van der Waals surface area contributed by atoms with Gasteiger partial charge in [0.25, 0.3) is 0 Å². The Morgan fingerprint density at radius 2 is 2.11 bits per heavy atom. The number of rotatable bonds is 3. The first-order chi connectivity index (χ1) is 13.2. The fourth-order valence-corrected chi connectivity index (χ4v) is 4.92. The average molecular weight is 372 g/mol. The van der Waals surface area contributed by atoms with Crippen LogP contribution in [0.4, 0.5) is 0 Å². The summed E-state index contributed by atoms with van der Waals surface area (Å²) in [5, 5.41) is 0. The number of likely N-dealkylation sites (tertiary alicyclic amines) is 1. The van der Waals surface area contributed by atoms with Gasteiger partial charge in [0, 0.05) is 44.8 Å². The first-order valence-corrected chi connectivity index (χ1v) is 9.91. The molecule has 3 heterocycles. The van der Waals surface area contributed by atoms with E-state index < -0.39 is 5.54 Å². The molecule has 4 rings (SSSR count). The van der Waals surface area contributed by atoms with Gasteiger partial charge in [-0.05, 0) is 32.1 Å². The van der Waals surface area contributed by atoms with Gasteiger partial charge in [-0.15, -0.1) is 0 Å². The summed E-state index contributed by atoms with van der Waals surface area (Å²) in [6.07, 6.45) is 11.0. The van der Waals surface area contributed by atoms with Crippen LogP contribution in [-0.2, 0) is 26.3 Å². The lowest BCUT2D eigenvalue weighted by Crippen LogP contribution is -2.59. The standard InChI is InChI=1S/C20H28N4O3/c1-27-13-17(25)24-10-7-16-18(22-14-21-16)20(24)8-11-23(12-9-20)19(26)15-5-3-2-4-6-15/h2-3,14-15H,4-13H2,1H3,(H,21,22)/t15-/m1/s1. The molecule has 1 aliphatic carbocycles. The van der Waals surface area contributed by atoms with Crippen LogP contribution in [0.25, 0.3) is 0 Å². The molecule has 1 aromatic rings. The zero-order valence-corrected chi connectivity index (χ0v) is 15.9. The quantitative estimate of drug-likeness (QED) is 0.818. The molecule has 1 spiro atoms. The molecular weight excluding hydrogens is 344 g/mol. The molecular formula is C20H28N4O3. The van der Waals surface area contributed by atoms with Crippen molar-refractivity contribution in [2.24, 2.45) is 5.92 Å². The largest absolute Gasteiger partial charge is 0.375 e. The maximum Gasteiger partial charge on any atom is 0.249 e. The number of carbonyl (C=O) groups excluding carboxylic acids is 2. The molecule has 7 nitrogen and oxygen atoms in total. The van der Waals surface area contributed by atoms with Crippen molar-refractivity contribution in [1.82, 2.24) is 19.8 Å². The SMILES string of the molecule is COCC(=O)N1CCc2[nH]cnc2C12CCN(C(=O)[C@@H]1CC=CCC1)CC2. The van der Waals surface area contributed by atoms with Gasteiger partial charge >= 0.3 is 0 Å². The zero-order valence-electron chi connectivity index (χ0n) is 15.9. The molecule has 7 heteroatoms. The van der Waals surface area contributed by atoms with Crippen LogP contribution in [0.5, 0.6) is 0 Å². The first-order valence-electron chi connectivity index (χ1n) is 9.91. The van der Waals surface area contributed by atoms with Crippen LogP contribution >= 0.6 is 0 Å². The van der Waals surface area contributed by atoms with E-state index in [0.717, 1.165) is 49.9 Å². The lowest BCUT2D eigenvalue weighted by atomic mass is 9.78. The summed E-state index contributed by atoms with van der Waals surface area (Å²) in [6.45, 7) is 2.08. The number of hydrogen-bond acceptors (Lipinski definition) is 4. The Labute approximate surface area is 159 Å². The monoisotopic (exact) mass is 372 g/mol. The Morgan fingerprint density at radius 1 is 1.30 bits per heavy atom. The van der Waals surface area contributed by atoms with Gasteiger partial charge in [-0.2, -0.15) is 0 Å². The van der Waals surface area contributed by atoms with Gasteiger partial charge in [0.2, 0.25) is 11.8 Å². The Hall–Kier alpha value is -2.15. The number of carbonyl (C=O) groups is 2. The minimum Gasteiger partial charge on any atom is -0.375 e. The van der Waals surface area contributed by atoms with Gasteiger partial charge in [0.15, 0.2) is 0 Å². The number of H-pyrrole nitrogens is 1. The molecule has 3 aliphatic rings. The molecule has 1 N–H and O–H groups in total. The smallest absolute Gasteiger partial charge is 0.249 e. The zero-order chi connectivity index (χ0) is 18.9. The number of ether oxygens (including phenoxy) is 1. The molecule has 0 radical (unpaired) electrons. The second kappa shape index (κ2) is 7.46. The third-order valence-corrected chi connectivity index (χ3v) is 6.35. The van der Waals surface area contributed by atoms with Crippen molar-refractivity contribution in [2.45, 2.75) is 44.1 Å². The van der Waals surface area contributed by atoms with E-state index in [1.165, 1.54) is 0 Å². The van der Waals surface area contributed by atoms with Crippen LogP contribution in [0.3, 0.4) is 0 Å². The van der Waals surface area contributed by atoms with Crippen LogP contribution in [0.1, 0.15) is 43.5 Å². The second-order valence-corrected chi connectivity index (χ2v) is 7.80. The molecule has 1 aromatic heterocycles. The average Bonchev–Trinajstić information content (AvgIpc) is 3.19. The van der Waals surface area contributed by atoms with Crippen molar-refractivity contribution in [3.05, 3.63) is 29.9 Å². The number of aromatic nitrogens is 2. The van der Waals surface area contributed by atoms with Gasteiger partial charge in [-0.1, -0.05) is 12.2 Å². The van der Waals surface area contributed by atoms with Crippen LogP contribution in [0, 0.1) is 5.92 Å². The van der Waals surface area contributed by atoms with E-state index in [1.54, 1.807) is 13.4 Å². The lowest BCUT2D eigenvalue weighted by molar-refractivity contribution is -0.148. The molecule has 2 amide bonds. The molecule has 0 unspecified atom stereocenters. The number of imidazole rings is 1. The summed E-state index contributed by atoms with van der Waals surface area (Å²) in [6, 6.07) is 0. The number of allylic oxidation sites excluding steroid dienone is 2. The van der Waals surface area contributed by atoms with E-state index in [2.05, 4.69) is 22.1 Å². The Bertz CT molecular complexity index is 733. The Morgan fingerprint density at radius 3 is 2.81 bits per heavy atom. The van der Waals surface area contributed by atoms with Crippen LogP contribution < -0.4 is 0 Å². The topological polar surface area (TPSA) is 78.5 Å². The molecule has 1 atom stereocenters. The van der Waals surface area contributed by atoms with Crippen LogP contribution in [-0.4, -0.2) is 64.9 Å². The van der Waals surface area contributed by atoms with Gasteiger partial charge in [-0.25, -0.2) is 4.98 Å². The maximum absolute atomic E-state index is 12.9. The Balaban J connectivity index is 1.54. The summed E-state index contributed by atoms with van der Waals surface area (Å²) in [7, 11) is 1.55. The van der Waals surface area contributed by atoms with Gasteiger partial charge in [0.1, 0.15) is 6.61 Å². The molecule has 0 saturated carbocycles. The summed E-state index contributed by atoms with van der Waals surface area (Å²) in [5.74, 6) is 0.382. The molecule has 0 aromatic carbocycles. The molecule has 0 bridgehead atoms. The van der Waals surface area contributed by atoms with E-state index >= 15 is 0 Å². The van der Waals surface area contributed by atoms with Crippen LogP contribution in [0.2, 0.25) is 0 Å². The van der Waals surface area contributed by atoms with Crippen molar-refractivity contribution < 1.29 is 14.3 Å². The minimum atomic E-state index is -0.424. The predicted octanol–water partition coefficient (Wildman–Crippen LogP) is 1.61. The number of hydrogen-bond donors (Lipinski definition) is 1. The summed E-state index contributed by atoms with van der Waals surface area (Å²) < 4.78 is 5.11. The minimum absolute atomic E-state index is 0.00310. The highest BCUT2D eigenvalue weighted by Crippen LogP contribution is 2.42. The number of nitrogens with zero attached hydrogens (tertiary/aromatic N) is 3. The summed E-state index contributed by atoms with van der Waals surface area (Å²) >= 11 is 0. The van der Waals surface area contributed by atoms with Crippen molar-refractivity contribution >= 4 is 11.8 Å². The second-order valence-electron chi connectivity index (χ2n) is 7.80. The fourth-order valence-electron chi connectivity index (χ4n) is 4.92. The van der Waals surface area contributed by atoms with E-state index in [9.17, 15) is 9.59 Å². The van der Waals surface area contributed by atoms with E-state index in [-0.39, 0.29) is 24.3 Å². The van der Waals surface area contributed by atoms with Gasteiger partial charge in [0.05, 0.1) is 17.6 Å². The maximum atomic E-state index is 12.9. The van der Waals surface area contributed by atoms with Crippen molar-refractivity contribution in [3.8, 4) is 0 Å². The third-order valence-electron chi connectivity index (χ3n) is 6.35. The van der Waals surface area contributed by atoms with Gasteiger partial charge in [-0.3, -0.25) is 9.59 Å². The fraction of sp³-hybridized carbons (Fsp3) is 0.650. The number of methoxy groups -OCH3 is 1. The van der Waals surface area contributed by atoms with Gasteiger partial charge < -0.3 is 19.5 Å². The van der Waals surface area contributed by atoms with Crippen molar-refractivity contribution in [1.29, 1.82) is 0 Å². The van der Waals surface area contributed by atoms with E-state index in [4.69, 9.17) is 4.74 Å². The predicted molar refractivity (Wildman–Crippen MR) is 99.9 cm³/mol. The number of nitrogens with one attached hydrogen (secondary N) is 1. The highest BCUT2D eigenvalue weighted by molar-refractivity contribution is 5.80. The molecule has 146 valence electrons. The van der Waals surface area contributed by atoms with E-state index in [1.807, 2.05) is 9.80 Å². The molecule has 1 fully saturated rings. The normalized spacial score (nSPS) is 24.1. The van der Waals surface area contributed by atoms with E-state index in [0.29, 0.717) is 19.6 Å². The molecule has 2 aliphatic heterocycles. The number of amides is 2. The number of aromatic amines is 1. The highest BCUT2D eigenvalue weighted by atomic mass is 16.5. The lowest BCUT2D eigenvalue weighted by Gasteiger charge is -2.50. The number of fused-ring (bicyclic) bond motifs is 2. The first kappa shape index (κ1) is 18.2. The Kier molecular flexibility index (Phi) is 5.04. The van der Waals surface area contributed by atoms with Crippen molar-refractivity contribution in [3.63, 3.8) is 0 Å². The summed E-state index contributed by atoms with van der Waals surface area (Å²) in [5.41, 5.74) is 1.67. The number of piperidine rings is 1. The highest BCUT2D eigenvalue weighted by Gasteiger charge is 2.49. The molecule has 1 saturated heterocycles. The molecule has 27 heavy (non-hydrogen) atoms. The van der Waals surface area contributed by atoms with Crippen molar-refractivity contribution in [2.75, 3.05) is 33.4 Å². The third kappa shape index (κ3) is 3.18. The van der Waals surface area contributed by atoms with Crippen LogP contribution in [0.15, 0.2) is 18.5 Å².